The molecule has 1 aromatic carbocycles. The van der Waals surface area contributed by atoms with Gasteiger partial charge in [0.2, 0.25) is 5.91 Å². The van der Waals surface area contributed by atoms with Gasteiger partial charge in [0.25, 0.3) is 0 Å². The zero-order valence-corrected chi connectivity index (χ0v) is 12.4. The number of hydrogen-bond acceptors (Lipinski definition) is 4. The third-order valence-electron chi connectivity index (χ3n) is 2.45. The molecule has 0 radical (unpaired) electrons. The molecule has 0 fully saturated rings. The first kappa shape index (κ1) is 16.4. The van der Waals surface area contributed by atoms with Gasteiger partial charge in [0.05, 0.1) is 6.61 Å². The van der Waals surface area contributed by atoms with Gasteiger partial charge in [-0.25, -0.2) is 4.79 Å². The van der Waals surface area contributed by atoms with E-state index in [1.807, 2.05) is 31.2 Å². The van der Waals surface area contributed by atoms with E-state index in [0.717, 1.165) is 11.3 Å². The number of carbonyl (C=O) groups is 2. The zero-order chi connectivity index (χ0) is 15.0. The maximum Gasteiger partial charge on any atom is 0.327 e. The molecule has 0 saturated carbocycles. The van der Waals surface area contributed by atoms with Crippen LogP contribution in [0.3, 0.4) is 0 Å². The highest BCUT2D eigenvalue weighted by atomic mass is 32.2. The Bertz CT molecular complexity index is 464. The molecule has 0 saturated heterocycles. The fraction of sp³-hybridized carbons (Fsp3) is 0.429. The third kappa shape index (κ3) is 6.47. The topological polar surface area (TPSA) is 75.6 Å². The molecule has 0 aliphatic heterocycles. The van der Waals surface area contributed by atoms with Gasteiger partial charge in [-0.15, -0.1) is 0 Å². The number of thioether (sulfide) groups is 1. The number of carbonyl (C=O) groups excluding carboxylic acids is 1. The maximum atomic E-state index is 10.9. The summed E-state index contributed by atoms with van der Waals surface area (Å²) in [6.45, 7) is 3.80. The number of hydrogen-bond donors (Lipinski definition) is 2. The van der Waals surface area contributed by atoms with Crippen molar-refractivity contribution >= 4 is 23.6 Å². The number of aliphatic carboxylic acids is 1. The van der Waals surface area contributed by atoms with Gasteiger partial charge in [0.1, 0.15) is 11.8 Å². The average Bonchev–Trinajstić information content (AvgIpc) is 2.36. The smallest absolute Gasteiger partial charge is 0.327 e. The fourth-order valence-electron chi connectivity index (χ4n) is 1.54. The van der Waals surface area contributed by atoms with Crippen LogP contribution >= 0.6 is 11.8 Å². The number of aryl methyl sites for hydroxylation is 1. The van der Waals surface area contributed by atoms with Crippen molar-refractivity contribution in [2.24, 2.45) is 0 Å². The lowest BCUT2D eigenvalue weighted by Gasteiger charge is -2.13. The molecule has 0 heterocycles. The molecule has 0 spiro atoms. The van der Waals surface area contributed by atoms with E-state index in [1.165, 1.54) is 18.7 Å². The lowest BCUT2D eigenvalue weighted by molar-refractivity contribution is -0.140. The first-order valence-electron chi connectivity index (χ1n) is 6.26. The quantitative estimate of drug-likeness (QED) is 0.714. The monoisotopic (exact) mass is 297 g/mol. The molecule has 6 heteroatoms. The fourth-order valence-corrected chi connectivity index (χ4v) is 2.37. The van der Waals surface area contributed by atoms with Crippen LogP contribution in [0.25, 0.3) is 0 Å². The lowest BCUT2D eigenvalue weighted by atomic mass is 10.2. The van der Waals surface area contributed by atoms with E-state index >= 15 is 0 Å². The van der Waals surface area contributed by atoms with E-state index in [4.69, 9.17) is 9.84 Å². The lowest BCUT2D eigenvalue weighted by Crippen LogP contribution is -2.41. The van der Waals surface area contributed by atoms with Crippen LogP contribution in [0, 0.1) is 6.92 Å². The molecule has 1 rings (SSSR count). The number of carboxylic acid groups (broad SMARTS) is 1. The van der Waals surface area contributed by atoms with Gasteiger partial charge in [-0.2, -0.15) is 11.8 Å². The Kier molecular flexibility index (Phi) is 6.93. The van der Waals surface area contributed by atoms with Crippen LogP contribution in [0.4, 0.5) is 0 Å². The number of rotatable bonds is 8. The maximum absolute atomic E-state index is 10.9. The number of ether oxygens (including phenoxy) is 1. The van der Waals surface area contributed by atoms with Crippen LogP contribution in [0.5, 0.6) is 5.75 Å². The average molecular weight is 297 g/mol. The number of amides is 1. The summed E-state index contributed by atoms with van der Waals surface area (Å²) in [4.78, 5) is 21.8. The predicted octanol–water partition coefficient (Wildman–Crippen LogP) is 1.70. The molecule has 110 valence electrons. The van der Waals surface area contributed by atoms with Gasteiger partial charge in [0, 0.05) is 18.4 Å². The first-order valence-corrected chi connectivity index (χ1v) is 7.41. The van der Waals surface area contributed by atoms with Crippen molar-refractivity contribution < 1.29 is 19.4 Å². The highest BCUT2D eigenvalue weighted by molar-refractivity contribution is 7.99. The minimum absolute atomic E-state index is 0.325. The molecule has 1 atom stereocenters. The molecule has 0 aliphatic carbocycles. The number of benzene rings is 1. The summed E-state index contributed by atoms with van der Waals surface area (Å²) >= 11 is 1.43. The number of nitrogens with one attached hydrogen (secondary N) is 1. The normalized spacial score (nSPS) is 11.7. The van der Waals surface area contributed by atoms with E-state index in [0.29, 0.717) is 18.1 Å². The minimum atomic E-state index is -1.02. The largest absolute Gasteiger partial charge is 0.493 e. The van der Waals surface area contributed by atoms with Gasteiger partial charge in [-0.1, -0.05) is 12.1 Å². The van der Waals surface area contributed by atoms with Crippen molar-refractivity contribution in [3.63, 3.8) is 0 Å². The third-order valence-corrected chi connectivity index (χ3v) is 3.47. The van der Waals surface area contributed by atoms with Crippen LogP contribution in [0.15, 0.2) is 24.3 Å². The van der Waals surface area contributed by atoms with Crippen LogP contribution < -0.4 is 10.1 Å². The van der Waals surface area contributed by atoms with E-state index in [1.54, 1.807) is 0 Å². The zero-order valence-electron chi connectivity index (χ0n) is 11.6. The molecular weight excluding hydrogens is 278 g/mol. The number of carboxylic acids is 1. The van der Waals surface area contributed by atoms with Gasteiger partial charge in [-0.05, 0) is 24.6 Å². The Morgan fingerprint density at radius 3 is 2.80 bits per heavy atom. The molecule has 1 aromatic rings. The summed E-state index contributed by atoms with van der Waals surface area (Å²) in [7, 11) is 0. The summed E-state index contributed by atoms with van der Waals surface area (Å²) in [5, 5.41) is 11.3. The Morgan fingerprint density at radius 1 is 1.45 bits per heavy atom. The first-order chi connectivity index (χ1) is 9.49. The second-order valence-corrected chi connectivity index (χ2v) is 5.48. The van der Waals surface area contributed by atoms with Crippen molar-refractivity contribution in [1.82, 2.24) is 5.32 Å². The van der Waals surface area contributed by atoms with E-state index < -0.39 is 12.0 Å². The minimum Gasteiger partial charge on any atom is -0.493 e. The highest BCUT2D eigenvalue weighted by Crippen LogP contribution is 2.13. The Balaban J connectivity index is 2.23. The Morgan fingerprint density at radius 2 is 2.20 bits per heavy atom. The van der Waals surface area contributed by atoms with E-state index in [-0.39, 0.29) is 5.91 Å². The molecule has 20 heavy (non-hydrogen) atoms. The van der Waals surface area contributed by atoms with Crippen molar-refractivity contribution in [3.8, 4) is 5.75 Å². The molecule has 0 aromatic heterocycles. The highest BCUT2D eigenvalue weighted by Gasteiger charge is 2.17. The molecule has 0 aliphatic rings. The standard InChI is InChI=1S/C14H19NO4S/c1-10-4-3-5-12(8-10)19-6-7-20-9-13(14(17)18)15-11(2)16/h3-5,8,13H,6-7,9H2,1-2H3,(H,15,16)(H,17,18)/t13-/m0/s1. The summed E-state index contributed by atoms with van der Waals surface area (Å²) in [5.74, 6) is 0.437. The van der Waals surface area contributed by atoms with Crippen molar-refractivity contribution in [1.29, 1.82) is 0 Å². The van der Waals surface area contributed by atoms with Crippen LogP contribution in [-0.4, -0.2) is 41.1 Å². The van der Waals surface area contributed by atoms with Crippen LogP contribution in [-0.2, 0) is 9.59 Å². The summed E-state index contributed by atoms with van der Waals surface area (Å²) in [6, 6.07) is 6.90. The SMILES string of the molecule is CC(=O)N[C@@H](CSCCOc1cccc(C)c1)C(=O)O. The second-order valence-electron chi connectivity index (χ2n) is 4.33. The molecule has 2 N–H and O–H groups in total. The molecule has 0 bridgehead atoms. The Hall–Kier alpha value is -1.69. The van der Waals surface area contributed by atoms with Crippen LogP contribution in [0.2, 0.25) is 0 Å². The molecule has 0 unspecified atom stereocenters. The summed E-state index contributed by atoms with van der Waals surface area (Å²) in [5.41, 5.74) is 1.13. The van der Waals surface area contributed by atoms with Crippen molar-refractivity contribution in [3.05, 3.63) is 29.8 Å². The second kappa shape index (κ2) is 8.47. The summed E-state index contributed by atoms with van der Waals surface area (Å²) < 4.78 is 5.55. The van der Waals surface area contributed by atoms with Gasteiger partial charge in [-0.3, -0.25) is 4.79 Å². The van der Waals surface area contributed by atoms with Gasteiger partial charge < -0.3 is 15.2 Å². The predicted molar refractivity (Wildman–Crippen MR) is 79.2 cm³/mol. The van der Waals surface area contributed by atoms with Crippen LogP contribution in [0.1, 0.15) is 12.5 Å². The molecular formula is C14H19NO4S. The molecule has 5 nitrogen and oxygen atoms in total. The molecule has 1 amide bonds. The summed E-state index contributed by atoms with van der Waals surface area (Å²) in [6.07, 6.45) is 0. The van der Waals surface area contributed by atoms with E-state index in [9.17, 15) is 9.59 Å². The van der Waals surface area contributed by atoms with Gasteiger partial charge >= 0.3 is 5.97 Å². The van der Waals surface area contributed by atoms with Crippen molar-refractivity contribution in [2.75, 3.05) is 18.1 Å². The van der Waals surface area contributed by atoms with E-state index in [2.05, 4.69) is 5.32 Å². The van der Waals surface area contributed by atoms with Crippen molar-refractivity contribution in [2.45, 2.75) is 19.9 Å². The Labute approximate surface area is 122 Å². The van der Waals surface area contributed by atoms with Gasteiger partial charge in [0.15, 0.2) is 0 Å².